The second-order valence-electron chi connectivity index (χ2n) is 4.30. The van der Waals surface area contributed by atoms with Gasteiger partial charge in [-0.3, -0.25) is 4.79 Å². The molecule has 5 nitrogen and oxygen atoms in total. The Morgan fingerprint density at radius 2 is 1.67 bits per heavy atom. The Kier molecular flexibility index (Phi) is 5.15. The van der Waals surface area contributed by atoms with Crippen LogP contribution in [0.3, 0.4) is 0 Å². The van der Waals surface area contributed by atoms with Crippen LogP contribution < -0.4 is 14.2 Å². The van der Waals surface area contributed by atoms with Gasteiger partial charge in [0.2, 0.25) is 0 Å². The fourth-order valence-electron chi connectivity index (χ4n) is 1.81. The highest BCUT2D eigenvalue weighted by Crippen LogP contribution is 2.25. The molecule has 1 heterocycles. The van der Waals surface area contributed by atoms with Crippen LogP contribution in [0.15, 0.2) is 36.4 Å². The van der Waals surface area contributed by atoms with Crippen molar-refractivity contribution in [3.05, 3.63) is 47.8 Å². The summed E-state index contributed by atoms with van der Waals surface area (Å²) in [5.74, 6) is 1.78. The van der Waals surface area contributed by atoms with E-state index in [9.17, 15) is 4.79 Å². The number of hydrogen-bond acceptors (Lipinski definition) is 5. The summed E-state index contributed by atoms with van der Waals surface area (Å²) in [6.07, 6.45) is 0.684. The van der Waals surface area contributed by atoms with Crippen LogP contribution in [0, 0.1) is 6.92 Å². The van der Waals surface area contributed by atoms with E-state index in [0.29, 0.717) is 42.4 Å². The first-order valence-corrected chi connectivity index (χ1v) is 6.56. The first kappa shape index (κ1) is 14.8. The highest BCUT2D eigenvalue weighted by molar-refractivity contribution is 5.76. The zero-order valence-corrected chi connectivity index (χ0v) is 12.0. The number of aryl methyl sites for hydroxylation is 1. The number of rotatable bonds is 7. The van der Waals surface area contributed by atoms with E-state index in [-0.39, 0.29) is 0 Å². The molecule has 5 heteroatoms. The van der Waals surface area contributed by atoms with Gasteiger partial charge in [0.15, 0.2) is 17.8 Å². The molecule has 0 aliphatic carbocycles. The fraction of sp³-hybridized carbons (Fsp3) is 0.250. The molecule has 2 rings (SSSR count). The van der Waals surface area contributed by atoms with Crippen LogP contribution >= 0.6 is 0 Å². The van der Waals surface area contributed by atoms with Crippen LogP contribution in [0.4, 0.5) is 0 Å². The quantitative estimate of drug-likeness (QED) is 0.579. The SMILES string of the molecule is COc1ccccc1OCCOc1ccc(C)nc1C=O. The molecule has 0 spiro atoms. The Morgan fingerprint density at radius 1 is 1.00 bits per heavy atom. The van der Waals surface area contributed by atoms with Gasteiger partial charge in [0, 0.05) is 5.69 Å². The van der Waals surface area contributed by atoms with Gasteiger partial charge in [-0.15, -0.1) is 0 Å². The van der Waals surface area contributed by atoms with Gasteiger partial charge in [0.1, 0.15) is 24.7 Å². The Balaban J connectivity index is 1.89. The third-order valence-electron chi connectivity index (χ3n) is 2.80. The lowest BCUT2D eigenvalue weighted by Gasteiger charge is -2.11. The minimum absolute atomic E-state index is 0.298. The van der Waals surface area contributed by atoms with Gasteiger partial charge in [-0.2, -0.15) is 0 Å². The number of carbonyl (C=O) groups excluding carboxylic acids is 1. The van der Waals surface area contributed by atoms with Crippen LogP contribution in [0.2, 0.25) is 0 Å². The third-order valence-corrected chi connectivity index (χ3v) is 2.80. The third kappa shape index (κ3) is 3.95. The van der Waals surface area contributed by atoms with Crippen molar-refractivity contribution in [3.63, 3.8) is 0 Å². The molecular weight excluding hydrogens is 270 g/mol. The predicted molar refractivity (Wildman–Crippen MR) is 78.3 cm³/mol. The summed E-state index contributed by atoms with van der Waals surface area (Å²) in [4.78, 5) is 15.0. The lowest BCUT2D eigenvalue weighted by atomic mass is 10.3. The molecule has 1 aromatic carbocycles. The van der Waals surface area contributed by atoms with Crippen LogP contribution in [0.5, 0.6) is 17.2 Å². The highest BCUT2D eigenvalue weighted by Gasteiger charge is 2.06. The number of hydrogen-bond donors (Lipinski definition) is 0. The van der Waals surface area contributed by atoms with Crippen molar-refractivity contribution < 1.29 is 19.0 Å². The summed E-state index contributed by atoms with van der Waals surface area (Å²) in [7, 11) is 1.59. The van der Waals surface area contributed by atoms with Crippen LogP contribution in [-0.2, 0) is 0 Å². The van der Waals surface area contributed by atoms with Gasteiger partial charge in [0.05, 0.1) is 7.11 Å². The second kappa shape index (κ2) is 7.28. The average Bonchev–Trinajstić information content (AvgIpc) is 2.52. The van der Waals surface area contributed by atoms with Crippen molar-refractivity contribution in [1.82, 2.24) is 4.98 Å². The predicted octanol–water partition coefficient (Wildman–Crippen LogP) is 2.67. The summed E-state index contributed by atoms with van der Waals surface area (Å²) in [6, 6.07) is 10.9. The molecule has 0 bridgehead atoms. The molecular formula is C16H17NO4. The van der Waals surface area contributed by atoms with E-state index >= 15 is 0 Å². The molecule has 0 N–H and O–H groups in total. The van der Waals surface area contributed by atoms with E-state index in [1.165, 1.54) is 0 Å². The Hall–Kier alpha value is -2.56. The van der Waals surface area contributed by atoms with Crippen molar-refractivity contribution in [2.75, 3.05) is 20.3 Å². The molecule has 21 heavy (non-hydrogen) atoms. The molecule has 0 amide bonds. The lowest BCUT2D eigenvalue weighted by molar-refractivity contribution is 0.111. The van der Waals surface area contributed by atoms with E-state index in [1.54, 1.807) is 19.2 Å². The molecule has 0 saturated heterocycles. The maximum absolute atomic E-state index is 10.9. The standard InChI is InChI=1S/C16H17NO4/c1-12-7-8-14(13(11-18)17-12)20-9-10-21-16-6-4-3-5-15(16)19-2/h3-8,11H,9-10H2,1-2H3. The van der Waals surface area contributed by atoms with Gasteiger partial charge in [0.25, 0.3) is 0 Å². The van der Waals surface area contributed by atoms with E-state index in [1.807, 2.05) is 31.2 Å². The van der Waals surface area contributed by atoms with Crippen LogP contribution in [-0.4, -0.2) is 31.6 Å². The zero-order chi connectivity index (χ0) is 15.1. The van der Waals surface area contributed by atoms with Gasteiger partial charge in [-0.05, 0) is 31.2 Å². The minimum atomic E-state index is 0.298. The Bertz CT molecular complexity index is 613. The molecule has 1 aromatic heterocycles. The van der Waals surface area contributed by atoms with E-state index in [4.69, 9.17) is 14.2 Å². The number of para-hydroxylation sites is 2. The number of aromatic nitrogens is 1. The maximum atomic E-state index is 10.9. The summed E-state index contributed by atoms with van der Waals surface area (Å²) < 4.78 is 16.3. The van der Waals surface area contributed by atoms with Gasteiger partial charge in [-0.25, -0.2) is 4.98 Å². The van der Waals surface area contributed by atoms with E-state index < -0.39 is 0 Å². The van der Waals surface area contributed by atoms with Crippen molar-refractivity contribution in [3.8, 4) is 17.2 Å². The monoisotopic (exact) mass is 287 g/mol. The summed E-state index contributed by atoms with van der Waals surface area (Å²) in [5.41, 5.74) is 1.07. The topological polar surface area (TPSA) is 57.6 Å². The van der Waals surface area contributed by atoms with E-state index in [2.05, 4.69) is 4.98 Å². The van der Waals surface area contributed by atoms with Crippen molar-refractivity contribution in [1.29, 1.82) is 0 Å². The maximum Gasteiger partial charge on any atom is 0.172 e. The number of aldehydes is 1. The van der Waals surface area contributed by atoms with E-state index in [0.717, 1.165) is 5.69 Å². The molecule has 110 valence electrons. The van der Waals surface area contributed by atoms with Crippen LogP contribution in [0.1, 0.15) is 16.2 Å². The van der Waals surface area contributed by atoms with Gasteiger partial charge < -0.3 is 14.2 Å². The molecule has 0 aliphatic heterocycles. The molecule has 0 aliphatic rings. The first-order chi connectivity index (χ1) is 10.2. The Labute approximate surface area is 123 Å². The number of methoxy groups -OCH3 is 1. The average molecular weight is 287 g/mol. The van der Waals surface area contributed by atoms with Crippen molar-refractivity contribution in [2.45, 2.75) is 6.92 Å². The first-order valence-electron chi connectivity index (χ1n) is 6.56. The summed E-state index contributed by atoms with van der Waals surface area (Å²) in [5, 5.41) is 0. The second-order valence-corrected chi connectivity index (χ2v) is 4.30. The summed E-state index contributed by atoms with van der Waals surface area (Å²) >= 11 is 0. The lowest BCUT2D eigenvalue weighted by Crippen LogP contribution is -2.11. The normalized spacial score (nSPS) is 10.0. The number of benzene rings is 1. The highest BCUT2D eigenvalue weighted by atomic mass is 16.5. The largest absolute Gasteiger partial charge is 0.493 e. The molecule has 0 fully saturated rings. The van der Waals surface area contributed by atoms with Gasteiger partial charge >= 0.3 is 0 Å². The van der Waals surface area contributed by atoms with Gasteiger partial charge in [-0.1, -0.05) is 12.1 Å². The Morgan fingerprint density at radius 3 is 2.33 bits per heavy atom. The van der Waals surface area contributed by atoms with Crippen molar-refractivity contribution in [2.24, 2.45) is 0 Å². The molecule has 2 aromatic rings. The molecule has 0 saturated carbocycles. The zero-order valence-electron chi connectivity index (χ0n) is 12.0. The summed E-state index contributed by atoms with van der Waals surface area (Å²) in [6.45, 7) is 2.47. The van der Waals surface area contributed by atoms with Crippen LogP contribution in [0.25, 0.3) is 0 Å². The minimum Gasteiger partial charge on any atom is -0.493 e. The van der Waals surface area contributed by atoms with Crippen molar-refractivity contribution >= 4 is 6.29 Å². The fourth-order valence-corrected chi connectivity index (χ4v) is 1.81. The number of pyridine rings is 1. The smallest absolute Gasteiger partial charge is 0.172 e. The number of nitrogens with zero attached hydrogens (tertiary/aromatic N) is 1. The molecule has 0 atom stereocenters. The number of ether oxygens (including phenoxy) is 3. The number of carbonyl (C=O) groups is 1. The molecule has 0 radical (unpaired) electrons. The molecule has 0 unspecified atom stereocenters.